The quantitative estimate of drug-likeness (QED) is 0.673. The van der Waals surface area contributed by atoms with Gasteiger partial charge in [-0.3, -0.25) is 4.79 Å². The average Bonchev–Trinajstić information content (AvgIpc) is 2.72. The molecule has 0 radical (unpaired) electrons. The first-order valence-electron chi connectivity index (χ1n) is 7.26. The topological polar surface area (TPSA) is 83.0 Å². The number of esters is 1. The van der Waals surface area contributed by atoms with Crippen molar-refractivity contribution in [2.24, 2.45) is 0 Å². The first kappa shape index (κ1) is 16.6. The number of rotatable bonds is 2. The normalized spacial score (nSPS) is 12.0. The van der Waals surface area contributed by atoms with Gasteiger partial charge in [-0.15, -0.1) is 0 Å². The van der Waals surface area contributed by atoms with Crippen LogP contribution in [0.4, 0.5) is 10.2 Å². The standard InChI is InChI=1S/C16H16BrFN4O2/c1-16(2,3)24-11(23)6-22-13-9(4-8(17)5-10(13)18)12-14(19)20-7-21-15(12)22/h4-5,7H,6H2,1-3H3,(H2,19,20,21). The van der Waals surface area contributed by atoms with Crippen molar-refractivity contribution >= 4 is 49.7 Å². The molecule has 0 saturated heterocycles. The summed E-state index contributed by atoms with van der Waals surface area (Å²) < 4.78 is 21.9. The summed E-state index contributed by atoms with van der Waals surface area (Å²) in [6, 6.07) is 3.06. The van der Waals surface area contributed by atoms with Crippen LogP contribution in [0.3, 0.4) is 0 Å². The highest BCUT2D eigenvalue weighted by Gasteiger charge is 2.23. The third kappa shape index (κ3) is 2.93. The van der Waals surface area contributed by atoms with Gasteiger partial charge in [0.2, 0.25) is 0 Å². The minimum Gasteiger partial charge on any atom is -0.459 e. The molecule has 8 heteroatoms. The second kappa shape index (κ2) is 5.70. The molecule has 2 aromatic heterocycles. The Hall–Kier alpha value is -2.22. The van der Waals surface area contributed by atoms with E-state index in [9.17, 15) is 9.18 Å². The summed E-state index contributed by atoms with van der Waals surface area (Å²) in [5.41, 5.74) is 5.95. The van der Waals surface area contributed by atoms with Crippen molar-refractivity contribution in [3.05, 3.63) is 28.7 Å². The average molecular weight is 395 g/mol. The monoisotopic (exact) mass is 394 g/mol. The van der Waals surface area contributed by atoms with E-state index >= 15 is 0 Å². The Morgan fingerprint density at radius 3 is 2.75 bits per heavy atom. The van der Waals surface area contributed by atoms with Crippen molar-refractivity contribution in [1.29, 1.82) is 0 Å². The van der Waals surface area contributed by atoms with Crippen LogP contribution >= 0.6 is 15.9 Å². The number of nitrogens with zero attached hydrogens (tertiary/aromatic N) is 3. The van der Waals surface area contributed by atoms with E-state index in [4.69, 9.17) is 10.5 Å². The van der Waals surface area contributed by atoms with Crippen LogP contribution < -0.4 is 5.73 Å². The summed E-state index contributed by atoms with van der Waals surface area (Å²) in [5, 5.41) is 1.05. The molecule has 3 aromatic rings. The van der Waals surface area contributed by atoms with E-state index in [2.05, 4.69) is 25.9 Å². The fourth-order valence-electron chi connectivity index (χ4n) is 2.65. The lowest BCUT2D eigenvalue weighted by Crippen LogP contribution is -2.26. The number of anilines is 1. The summed E-state index contributed by atoms with van der Waals surface area (Å²) in [7, 11) is 0. The molecule has 3 rings (SSSR count). The van der Waals surface area contributed by atoms with Crippen molar-refractivity contribution in [2.75, 3.05) is 5.73 Å². The van der Waals surface area contributed by atoms with Crippen LogP contribution in [0.15, 0.2) is 22.9 Å². The minimum atomic E-state index is -0.634. The molecule has 0 bridgehead atoms. The molecule has 6 nitrogen and oxygen atoms in total. The van der Waals surface area contributed by atoms with E-state index < -0.39 is 17.4 Å². The first-order chi connectivity index (χ1) is 11.2. The zero-order valence-electron chi connectivity index (χ0n) is 13.4. The lowest BCUT2D eigenvalue weighted by atomic mass is 10.2. The molecule has 2 heterocycles. The lowest BCUT2D eigenvalue weighted by molar-refractivity contribution is -0.155. The van der Waals surface area contributed by atoms with Gasteiger partial charge in [-0.25, -0.2) is 14.4 Å². The van der Waals surface area contributed by atoms with Gasteiger partial charge in [-0.2, -0.15) is 0 Å². The van der Waals surface area contributed by atoms with Crippen molar-refractivity contribution < 1.29 is 13.9 Å². The Morgan fingerprint density at radius 2 is 2.08 bits per heavy atom. The van der Waals surface area contributed by atoms with Crippen LogP contribution in [0, 0.1) is 5.82 Å². The predicted molar refractivity (Wildman–Crippen MR) is 92.9 cm³/mol. The molecule has 126 valence electrons. The molecule has 0 spiro atoms. The number of aromatic nitrogens is 3. The molecule has 0 unspecified atom stereocenters. The number of nitrogens with two attached hydrogens (primary N) is 1. The fourth-order valence-corrected chi connectivity index (χ4v) is 3.08. The van der Waals surface area contributed by atoms with Crippen molar-refractivity contribution in [1.82, 2.24) is 14.5 Å². The van der Waals surface area contributed by atoms with Crippen LogP contribution in [-0.2, 0) is 16.1 Å². The largest absolute Gasteiger partial charge is 0.459 e. The van der Waals surface area contributed by atoms with Gasteiger partial charge in [0.15, 0.2) is 0 Å². The molecule has 0 aliphatic heterocycles. The first-order valence-corrected chi connectivity index (χ1v) is 8.06. The predicted octanol–water partition coefficient (Wildman–Crippen LogP) is 3.41. The summed E-state index contributed by atoms with van der Waals surface area (Å²) in [6.45, 7) is 5.14. The highest BCUT2D eigenvalue weighted by Crippen LogP contribution is 2.34. The number of hydrogen-bond donors (Lipinski definition) is 1. The number of halogens is 2. The molecule has 0 aliphatic rings. The molecule has 0 fully saturated rings. The van der Waals surface area contributed by atoms with Crippen LogP contribution in [0.2, 0.25) is 0 Å². The number of benzene rings is 1. The van der Waals surface area contributed by atoms with Crippen LogP contribution in [0.5, 0.6) is 0 Å². The Labute approximate surface area is 145 Å². The number of carbonyl (C=O) groups excluding carboxylic acids is 1. The highest BCUT2D eigenvalue weighted by atomic mass is 79.9. The lowest BCUT2D eigenvalue weighted by Gasteiger charge is -2.20. The molecule has 24 heavy (non-hydrogen) atoms. The van der Waals surface area contributed by atoms with Crippen molar-refractivity contribution in [3.63, 3.8) is 0 Å². The SMILES string of the molecule is CC(C)(C)OC(=O)Cn1c2ncnc(N)c2c2cc(Br)cc(F)c21. The van der Waals surface area contributed by atoms with Gasteiger partial charge in [-0.05, 0) is 32.9 Å². The molecule has 2 N–H and O–H groups in total. The smallest absolute Gasteiger partial charge is 0.326 e. The Morgan fingerprint density at radius 1 is 1.38 bits per heavy atom. The summed E-state index contributed by atoms with van der Waals surface area (Å²) in [5.74, 6) is -0.744. The summed E-state index contributed by atoms with van der Waals surface area (Å²) in [6.07, 6.45) is 1.29. The summed E-state index contributed by atoms with van der Waals surface area (Å²) >= 11 is 3.27. The van der Waals surface area contributed by atoms with E-state index in [-0.39, 0.29) is 17.9 Å². The fraction of sp³-hybridized carbons (Fsp3) is 0.312. The van der Waals surface area contributed by atoms with Gasteiger partial charge in [0, 0.05) is 9.86 Å². The minimum absolute atomic E-state index is 0.174. The number of ether oxygens (including phenoxy) is 1. The molecular formula is C16H16BrFN4O2. The van der Waals surface area contributed by atoms with E-state index in [1.165, 1.54) is 17.0 Å². The van der Waals surface area contributed by atoms with Gasteiger partial charge in [0.05, 0.1) is 10.9 Å². The van der Waals surface area contributed by atoms with Crippen LogP contribution in [-0.4, -0.2) is 26.1 Å². The van der Waals surface area contributed by atoms with Gasteiger partial charge in [-0.1, -0.05) is 15.9 Å². The van der Waals surface area contributed by atoms with E-state index in [0.29, 0.717) is 20.9 Å². The Kier molecular flexibility index (Phi) is 3.95. The molecule has 0 aliphatic carbocycles. The molecule has 0 amide bonds. The zero-order chi connectivity index (χ0) is 17.6. The van der Waals surface area contributed by atoms with Gasteiger partial charge in [0.1, 0.15) is 35.8 Å². The van der Waals surface area contributed by atoms with Gasteiger partial charge in [0.25, 0.3) is 0 Å². The number of hydrogen-bond acceptors (Lipinski definition) is 5. The molecule has 0 saturated carbocycles. The maximum Gasteiger partial charge on any atom is 0.326 e. The zero-order valence-corrected chi connectivity index (χ0v) is 15.0. The summed E-state index contributed by atoms with van der Waals surface area (Å²) in [4.78, 5) is 20.4. The van der Waals surface area contributed by atoms with Gasteiger partial charge >= 0.3 is 5.97 Å². The van der Waals surface area contributed by atoms with Crippen LogP contribution in [0.1, 0.15) is 20.8 Å². The number of fused-ring (bicyclic) bond motifs is 3. The molecule has 1 aromatic carbocycles. The second-order valence-corrected chi connectivity index (χ2v) is 7.33. The van der Waals surface area contributed by atoms with Crippen molar-refractivity contribution in [3.8, 4) is 0 Å². The maximum absolute atomic E-state index is 14.6. The van der Waals surface area contributed by atoms with E-state index in [1.54, 1.807) is 26.8 Å². The maximum atomic E-state index is 14.6. The van der Waals surface area contributed by atoms with E-state index in [1.807, 2.05) is 0 Å². The van der Waals surface area contributed by atoms with Crippen molar-refractivity contribution in [2.45, 2.75) is 32.9 Å². The Bertz CT molecular complexity index is 962. The number of carbonyl (C=O) groups is 1. The van der Waals surface area contributed by atoms with E-state index in [0.717, 1.165) is 0 Å². The van der Waals surface area contributed by atoms with Crippen LogP contribution in [0.25, 0.3) is 21.9 Å². The molecule has 0 atom stereocenters. The highest BCUT2D eigenvalue weighted by molar-refractivity contribution is 9.10. The third-order valence-corrected chi connectivity index (χ3v) is 3.84. The molecular weight excluding hydrogens is 379 g/mol. The van der Waals surface area contributed by atoms with Gasteiger partial charge < -0.3 is 15.0 Å². The number of nitrogen functional groups attached to an aromatic ring is 1. The Balaban J connectivity index is 2.26. The third-order valence-electron chi connectivity index (χ3n) is 3.39. The second-order valence-electron chi connectivity index (χ2n) is 6.41.